The van der Waals surface area contributed by atoms with Crippen LogP contribution in [0.2, 0.25) is 5.28 Å². The summed E-state index contributed by atoms with van der Waals surface area (Å²) < 4.78 is 1.45. The van der Waals surface area contributed by atoms with Gasteiger partial charge < -0.3 is 5.11 Å². The zero-order chi connectivity index (χ0) is 10.1. The SMILES string of the molecule is Cn1nc(-c2ccccc2O)nc1Cl. The second-order valence-electron chi connectivity index (χ2n) is 2.85. The molecule has 0 unspecified atom stereocenters. The summed E-state index contributed by atoms with van der Waals surface area (Å²) in [6, 6.07) is 6.86. The first-order valence-corrected chi connectivity index (χ1v) is 4.41. The highest BCUT2D eigenvalue weighted by Gasteiger charge is 2.10. The van der Waals surface area contributed by atoms with Gasteiger partial charge in [0.1, 0.15) is 5.75 Å². The lowest BCUT2D eigenvalue weighted by Gasteiger charge is -1.97. The van der Waals surface area contributed by atoms with E-state index in [0.29, 0.717) is 16.7 Å². The zero-order valence-corrected chi connectivity index (χ0v) is 8.23. The summed E-state index contributed by atoms with van der Waals surface area (Å²) in [6.45, 7) is 0. The number of rotatable bonds is 1. The molecule has 0 saturated heterocycles. The number of nitrogens with zero attached hydrogens (tertiary/aromatic N) is 3. The van der Waals surface area contributed by atoms with Crippen LogP contribution in [0.3, 0.4) is 0 Å². The van der Waals surface area contributed by atoms with E-state index in [1.54, 1.807) is 31.3 Å². The maximum Gasteiger partial charge on any atom is 0.221 e. The molecular formula is C9H8ClN3O. The molecule has 0 aliphatic heterocycles. The quantitative estimate of drug-likeness (QED) is 0.780. The second kappa shape index (κ2) is 3.31. The molecule has 0 saturated carbocycles. The monoisotopic (exact) mass is 209 g/mol. The molecule has 4 nitrogen and oxygen atoms in total. The number of phenolic OH excluding ortho intramolecular Hbond substituents is 1. The minimum absolute atomic E-state index is 0.148. The van der Waals surface area contributed by atoms with Crippen LogP contribution < -0.4 is 0 Å². The number of aromatic nitrogens is 3. The van der Waals surface area contributed by atoms with Gasteiger partial charge in [0.25, 0.3) is 0 Å². The van der Waals surface area contributed by atoms with Crippen molar-refractivity contribution in [1.82, 2.24) is 14.8 Å². The lowest BCUT2D eigenvalue weighted by Crippen LogP contribution is -1.89. The number of halogens is 1. The Hall–Kier alpha value is -1.55. The largest absolute Gasteiger partial charge is 0.507 e. The van der Waals surface area contributed by atoms with Crippen molar-refractivity contribution in [2.75, 3.05) is 0 Å². The fraction of sp³-hybridized carbons (Fsp3) is 0.111. The predicted molar refractivity (Wildman–Crippen MR) is 53.1 cm³/mol. The van der Waals surface area contributed by atoms with Crippen LogP contribution in [-0.2, 0) is 7.05 Å². The first-order chi connectivity index (χ1) is 6.68. The molecule has 14 heavy (non-hydrogen) atoms. The molecule has 1 aromatic heterocycles. The average molecular weight is 210 g/mol. The van der Waals surface area contributed by atoms with Gasteiger partial charge in [-0.15, -0.1) is 5.10 Å². The van der Waals surface area contributed by atoms with E-state index in [4.69, 9.17) is 11.6 Å². The Morgan fingerprint density at radius 3 is 2.64 bits per heavy atom. The van der Waals surface area contributed by atoms with Gasteiger partial charge in [-0.3, -0.25) is 0 Å². The van der Waals surface area contributed by atoms with Crippen LogP contribution in [0.4, 0.5) is 0 Å². The van der Waals surface area contributed by atoms with Crippen LogP contribution in [0.25, 0.3) is 11.4 Å². The van der Waals surface area contributed by atoms with Crippen molar-refractivity contribution < 1.29 is 5.11 Å². The number of para-hydroxylation sites is 1. The van der Waals surface area contributed by atoms with Gasteiger partial charge in [0.15, 0.2) is 5.82 Å². The number of aromatic hydroxyl groups is 1. The van der Waals surface area contributed by atoms with Gasteiger partial charge >= 0.3 is 0 Å². The van der Waals surface area contributed by atoms with Crippen LogP contribution in [0.1, 0.15) is 0 Å². The van der Waals surface area contributed by atoms with Crippen LogP contribution in [0.15, 0.2) is 24.3 Å². The fourth-order valence-corrected chi connectivity index (χ4v) is 1.26. The van der Waals surface area contributed by atoms with E-state index in [-0.39, 0.29) is 5.75 Å². The highest BCUT2D eigenvalue weighted by molar-refractivity contribution is 6.28. The Kier molecular flexibility index (Phi) is 2.13. The predicted octanol–water partition coefficient (Wildman–Crippen LogP) is 1.84. The Balaban J connectivity index is 2.55. The van der Waals surface area contributed by atoms with Crippen molar-refractivity contribution in [3.05, 3.63) is 29.5 Å². The summed E-state index contributed by atoms with van der Waals surface area (Å²) in [4.78, 5) is 4.00. The molecule has 0 spiro atoms. The van der Waals surface area contributed by atoms with E-state index in [1.165, 1.54) is 4.68 Å². The molecule has 0 aliphatic carbocycles. The van der Waals surface area contributed by atoms with Gasteiger partial charge in [0.05, 0.1) is 5.56 Å². The number of benzene rings is 1. The lowest BCUT2D eigenvalue weighted by molar-refractivity contribution is 0.477. The Morgan fingerprint density at radius 1 is 1.36 bits per heavy atom. The Bertz CT molecular complexity index is 447. The number of hydrogen-bond acceptors (Lipinski definition) is 3. The number of hydrogen-bond donors (Lipinski definition) is 1. The summed E-state index contributed by atoms with van der Waals surface area (Å²) in [5.41, 5.74) is 0.579. The third-order valence-electron chi connectivity index (χ3n) is 1.85. The van der Waals surface area contributed by atoms with E-state index in [2.05, 4.69) is 10.1 Å². The van der Waals surface area contributed by atoms with Crippen molar-refractivity contribution in [1.29, 1.82) is 0 Å². The molecule has 2 rings (SSSR count). The highest BCUT2D eigenvalue weighted by Crippen LogP contribution is 2.26. The molecule has 1 aromatic carbocycles. The molecule has 5 heteroatoms. The van der Waals surface area contributed by atoms with Gasteiger partial charge in [-0.2, -0.15) is 4.98 Å². The van der Waals surface area contributed by atoms with Crippen LogP contribution in [-0.4, -0.2) is 19.9 Å². The first kappa shape index (κ1) is 9.02. The fourth-order valence-electron chi connectivity index (χ4n) is 1.14. The van der Waals surface area contributed by atoms with Crippen molar-refractivity contribution >= 4 is 11.6 Å². The minimum atomic E-state index is 0.148. The summed E-state index contributed by atoms with van der Waals surface area (Å²) >= 11 is 5.74. The van der Waals surface area contributed by atoms with E-state index in [9.17, 15) is 5.11 Å². The summed E-state index contributed by atoms with van der Waals surface area (Å²) in [6.07, 6.45) is 0. The van der Waals surface area contributed by atoms with Crippen molar-refractivity contribution in [2.45, 2.75) is 0 Å². The van der Waals surface area contributed by atoms with E-state index in [1.807, 2.05) is 0 Å². The van der Waals surface area contributed by atoms with Crippen molar-refractivity contribution in [3.63, 3.8) is 0 Å². The Morgan fingerprint density at radius 2 is 2.07 bits per heavy atom. The van der Waals surface area contributed by atoms with E-state index >= 15 is 0 Å². The number of aryl methyl sites for hydroxylation is 1. The van der Waals surface area contributed by atoms with E-state index in [0.717, 1.165) is 0 Å². The standard InChI is InChI=1S/C9H8ClN3O/c1-13-9(10)11-8(12-13)6-4-2-3-5-7(6)14/h2-5,14H,1H3. The van der Waals surface area contributed by atoms with Crippen LogP contribution in [0.5, 0.6) is 5.75 Å². The molecule has 0 amide bonds. The highest BCUT2D eigenvalue weighted by atomic mass is 35.5. The van der Waals surface area contributed by atoms with Crippen molar-refractivity contribution in [3.8, 4) is 17.1 Å². The first-order valence-electron chi connectivity index (χ1n) is 4.03. The summed E-state index contributed by atoms with van der Waals surface area (Å²) in [7, 11) is 1.69. The normalized spacial score (nSPS) is 10.4. The molecule has 1 N–H and O–H groups in total. The van der Waals surface area contributed by atoms with Crippen LogP contribution in [0, 0.1) is 0 Å². The molecule has 0 bridgehead atoms. The van der Waals surface area contributed by atoms with Gasteiger partial charge in [-0.25, -0.2) is 4.68 Å². The second-order valence-corrected chi connectivity index (χ2v) is 3.18. The van der Waals surface area contributed by atoms with Gasteiger partial charge in [0.2, 0.25) is 5.28 Å². The number of phenols is 1. The molecule has 0 aliphatic rings. The third kappa shape index (κ3) is 1.44. The third-order valence-corrected chi connectivity index (χ3v) is 2.18. The zero-order valence-electron chi connectivity index (χ0n) is 7.48. The molecule has 2 aromatic rings. The summed E-state index contributed by atoms with van der Waals surface area (Å²) in [5.74, 6) is 0.574. The molecule has 72 valence electrons. The van der Waals surface area contributed by atoms with Gasteiger partial charge in [-0.1, -0.05) is 12.1 Å². The van der Waals surface area contributed by atoms with Gasteiger partial charge in [0, 0.05) is 7.05 Å². The van der Waals surface area contributed by atoms with Crippen molar-refractivity contribution in [2.24, 2.45) is 7.05 Å². The van der Waals surface area contributed by atoms with Crippen LogP contribution >= 0.6 is 11.6 Å². The minimum Gasteiger partial charge on any atom is -0.507 e. The maximum atomic E-state index is 9.53. The lowest BCUT2D eigenvalue weighted by atomic mass is 10.2. The molecular weight excluding hydrogens is 202 g/mol. The molecule has 0 radical (unpaired) electrons. The molecule has 0 atom stereocenters. The molecule has 1 heterocycles. The summed E-state index contributed by atoms with van der Waals surface area (Å²) in [5, 5.41) is 13.9. The molecule has 0 fully saturated rings. The topological polar surface area (TPSA) is 50.9 Å². The maximum absolute atomic E-state index is 9.53. The smallest absolute Gasteiger partial charge is 0.221 e. The van der Waals surface area contributed by atoms with Gasteiger partial charge in [-0.05, 0) is 23.7 Å². The average Bonchev–Trinajstić information content (AvgIpc) is 2.48. The Labute approximate surface area is 85.8 Å². The van der Waals surface area contributed by atoms with E-state index < -0.39 is 0 Å².